The number of nitrogens with zero attached hydrogens (tertiary/aromatic N) is 1. The predicted octanol–water partition coefficient (Wildman–Crippen LogP) is 3.33. The molecule has 148 valence electrons. The number of para-hydroxylation sites is 1. The van der Waals surface area contributed by atoms with Crippen molar-refractivity contribution in [2.24, 2.45) is 4.99 Å². The number of furan rings is 1. The molecule has 0 aliphatic heterocycles. The number of aryl methyl sites for hydroxylation is 1. The van der Waals surface area contributed by atoms with E-state index in [2.05, 4.69) is 21.7 Å². The maximum absolute atomic E-state index is 10.0. The summed E-state index contributed by atoms with van der Waals surface area (Å²) in [7, 11) is 4.71. The van der Waals surface area contributed by atoms with Gasteiger partial charge in [-0.15, -0.1) is 0 Å². The Balaban J connectivity index is 1.66. The second-order valence-corrected chi connectivity index (χ2v) is 6.27. The lowest BCUT2D eigenvalue weighted by atomic mass is 10.1. The van der Waals surface area contributed by atoms with Gasteiger partial charge in [0.15, 0.2) is 17.5 Å². The minimum absolute atomic E-state index is 0.0170. The smallest absolute Gasteiger partial charge is 0.200 e. The summed E-state index contributed by atoms with van der Waals surface area (Å²) in [4.78, 5) is 4.25. The second kappa shape index (κ2) is 8.56. The molecule has 0 radical (unpaired) electrons. The topological polar surface area (TPSA) is 88.3 Å². The number of aromatic hydroxyl groups is 1. The van der Waals surface area contributed by atoms with Crippen molar-refractivity contribution in [1.29, 1.82) is 0 Å². The van der Waals surface area contributed by atoms with Gasteiger partial charge < -0.3 is 29.6 Å². The Hall–Kier alpha value is -3.35. The Bertz CT molecular complexity index is 969. The Labute approximate surface area is 164 Å². The van der Waals surface area contributed by atoms with Crippen LogP contribution in [0.25, 0.3) is 11.0 Å². The van der Waals surface area contributed by atoms with Crippen LogP contribution in [-0.2, 0) is 13.1 Å². The number of methoxy groups -OCH3 is 2. The molecule has 1 heterocycles. The van der Waals surface area contributed by atoms with E-state index in [4.69, 9.17) is 13.9 Å². The molecule has 0 atom stereocenters. The number of phenolic OH excluding ortho intramolecular Hbond substituents is 1. The SMILES string of the molecule is CN=C(NCc1cc(OC)c(O)c(OC)c1)NCc1oc2ccccc2c1C. The number of nitrogens with one attached hydrogen (secondary N) is 2. The molecule has 0 saturated carbocycles. The van der Waals surface area contributed by atoms with E-state index in [1.807, 2.05) is 25.1 Å². The van der Waals surface area contributed by atoms with Gasteiger partial charge in [-0.2, -0.15) is 0 Å². The average Bonchev–Trinajstić information content (AvgIpc) is 3.05. The maximum atomic E-state index is 10.0. The van der Waals surface area contributed by atoms with Crippen LogP contribution >= 0.6 is 0 Å². The van der Waals surface area contributed by atoms with Crippen molar-refractivity contribution in [3.05, 3.63) is 53.3 Å². The molecular weight excluding hydrogens is 358 g/mol. The third-order valence-corrected chi connectivity index (χ3v) is 4.58. The number of ether oxygens (including phenoxy) is 2. The zero-order chi connectivity index (χ0) is 20.1. The lowest BCUT2D eigenvalue weighted by molar-refractivity contribution is 0.339. The van der Waals surface area contributed by atoms with Gasteiger partial charge in [0.1, 0.15) is 11.3 Å². The van der Waals surface area contributed by atoms with Crippen LogP contribution in [-0.4, -0.2) is 32.3 Å². The zero-order valence-electron chi connectivity index (χ0n) is 16.5. The number of aliphatic imine (C=N–C) groups is 1. The molecule has 3 aromatic rings. The minimum Gasteiger partial charge on any atom is -0.502 e. The molecule has 0 aliphatic rings. The summed E-state index contributed by atoms with van der Waals surface area (Å²) in [6.07, 6.45) is 0. The minimum atomic E-state index is -0.0170. The molecular formula is C21H25N3O4. The first-order chi connectivity index (χ1) is 13.6. The molecule has 3 N–H and O–H groups in total. The van der Waals surface area contributed by atoms with Gasteiger partial charge in [0.2, 0.25) is 5.75 Å². The molecule has 0 spiro atoms. The molecule has 28 heavy (non-hydrogen) atoms. The highest BCUT2D eigenvalue weighted by molar-refractivity contribution is 5.83. The fourth-order valence-electron chi connectivity index (χ4n) is 3.01. The lowest BCUT2D eigenvalue weighted by Crippen LogP contribution is -2.36. The third kappa shape index (κ3) is 3.98. The van der Waals surface area contributed by atoms with Gasteiger partial charge in [0, 0.05) is 24.5 Å². The molecule has 0 saturated heterocycles. The Morgan fingerprint density at radius 3 is 2.32 bits per heavy atom. The van der Waals surface area contributed by atoms with E-state index >= 15 is 0 Å². The molecule has 7 heteroatoms. The summed E-state index contributed by atoms with van der Waals surface area (Å²) < 4.78 is 16.3. The highest BCUT2D eigenvalue weighted by Gasteiger charge is 2.13. The van der Waals surface area contributed by atoms with Crippen LogP contribution in [0.1, 0.15) is 16.9 Å². The van der Waals surface area contributed by atoms with Crippen molar-refractivity contribution < 1.29 is 19.0 Å². The van der Waals surface area contributed by atoms with Crippen LogP contribution in [0.5, 0.6) is 17.2 Å². The number of guanidine groups is 1. The van der Waals surface area contributed by atoms with Gasteiger partial charge in [-0.3, -0.25) is 4.99 Å². The maximum Gasteiger partial charge on any atom is 0.200 e. The first-order valence-corrected chi connectivity index (χ1v) is 8.92. The molecule has 0 unspecified atom stereocenters. The Kier molecular flexibility index (Phi) is 5.93. The van der Waals surface area contributed by atoms with Crippen LogP contribution in [0, 0.1) is 6.92 Å². The molecule has 2 aromatic carbocycles. The summed E-state index contributed by atoms with van der Waals surface area (Å²) in [5, 5.41) is 17.6. The van der Waals surface area contributed by atoms with Crippen LogP contribution in [0.3, 0.4) is 0 Å². The van der Waals surface area contributed by atoms with Crippen LogP contribution in [0.4, 0.5) is 0 Å². The summed E-state index contributed by atoms with van der Waals surface area (Å²) in [6.45, 7) is 3.04. The first-order valence-electron chi connectivity index (χ1n) is 8.92. The molecule has 0 bridgehead atoms. The standard InChI is InChI=1S/C21H25N3O4/c1-13-15-7-5-6-8-16(15)28-19(13)12-24-21(22-2)23-11-14-9-17(26-3)20(25)18(10-14)27-4/h5-10,25H,11-12H2,1-4H3,(H2,22,23,24). The van der Waals surface area contributed by atoms with Crippen molar-refractivity contribution >= 4 is 16.9 Å². The summed E-state index contributed by atoms with van der Waals surface area (Å²) in [5.41, 5.74) is 2.88. The van der Waals surface area contributed by atoms with Gasteiger partial charge in [-0.05, 0) is 30.7 Å². The highest BCUT2D eigenvalue weighted by Crippen LogP contribution is 2.37. The van der Waals surface area contributed by atoms with Crippen molar-refractivity contribution in [1.82, 2.24) is 10.6 Å². The van der Waals surface area contributed by atoms with E-state index in [1.165, 1.54) is 14.2 Å². The predicted molar refractivity (Wildman–Crippen MR) is 109 cm³/mol. The quantitative estimate of drug-likeness (QED) is 0.447. The lowest BCUT2D eigenvalue weighted by Gasteiger charge is -2.14. The number of fused-ring (bicyclic) bond motifs is 1. The monoisotopic (exact) mass is 383 g/mol. The largest absolute Gasteiger partial charge is 0.502 e. The fraction of sp³-hybridized carbons (Fsp3) is 0.286. The van der Waals surface area contributed by atoms with Crippen molar-refractivity contribution in [2.45, 2.75) is 20.0 Å². The summed E-state index contributed by atoms with van der Waals surface area (Å²) >= 11 is 0. The van der Waals surface area contributed by atoms with Crippen LogP contribution in [0.15, 0.2) is 45.8 Å². The summed E-state index contributed by atoms with van der Waals surface area (Å²) in [5.74, 6) is 2.20. The zero-order valence-corrected chi connectivity index (χ0v) is 16.5. The van der Waals surface area contributed by atoms with E-state index in [-0.39, 0.29) is 5.75 Å². The van der Waals surface area contributed by atoms with E-state index in [9.17, 15) is 5.11 Å². The van der Waals surface area contributed by atoms with Gasteiger partial charge in [-0.1, -0.05) is 18.2 Å². The molecule has 7 nitrogen and oxygen atoms in total. The number of hydrogen-bond donors (Lipinski definition) is 3. The number of rotatable bonds is 6. The number of phenols is 1. The highest BCUT2D eigenvalue weighted by atomic mass is 16.5. The summed E-state index contributed by atoms with van der Waals surface area (Å²) in [6, 6.07) is 11.5. The van der Waals surface area contributed by atoms with Crippen molar-refractivity contribution in [3.63, 3.8) is 0 Å². The van der Waals surface area contributed by atoms with Crippen LogP contribution in [0.2, 0.25) is 0 Å². The average molecular weight is 383 g/mol. The molecule has 0 aliphatic carbocycles. The van der Waals surface area contributed by atoms with Gasteiger partial charge >= 0.3 is 0 Å². The third-order valence-electron chi connectivity index (χ3n) is 4.58. The Morgan fingerprint density at radius 2 is 1.71 bits per heavy atom. The van der Waals surface area contributed by atoms with E-state index < -0.39 is 0 Å². The van der Waals surface area contributed by atoms with E-state index in [1.54, 1.807) is 19.2 Å². The van der Waals surface area contributed by atoms with Gasteiger partial charge in [0.05, 0.1) is 20.8 Å². The van der Waals surface area contributed by atoms with Gasteiger partial charge in [0.25, 0.3) is 0 Å². The first kappa shape index (κ1) is 19.4. The van der Waals surface area contributed by atoms with E-state index in [0.717, 1.165) is 27.9 Å². The number of benzene rings is 2. The van der Waals surface area contributed by atoms with Crippen molar-refractivity contribution in [3.8, 4) is 17.2 Å². The fourth-order valence-corrected chi connectivity index (χ4v) is 3.01. The normalized spacial score (nSPS) is 11.5. The number of hydrogen-bond acceptors (Lipinski definition) is 5. The molecule has 0 amide bonds. The van der Waals surface area contributed by atoms with E-state index in [0.29, 0.717) is 30.5 Å². The molecule has 1 aromatic heterocycles. The van der Waals surface area contributed by atoms with Crippen molar-refractivity contribution in [2.75, 3.05) is 21.3 Å². The van der Waals surface area contributed by atoms with Crippen LogP contribution < -0.4 is 20.1 Å². The molecule has 3 rings (SSSR count). The Morgan fingerprint density at radius 1 is 1.07 bits per heavy atom. The molecule has 0 fully saturated rings. The second-order valence-electron chi connectivity index (χ2n) is 6.27. The van der Waals surface area contributed by atoms with Gasteiger partial charge in [-0.25, -0.2) is 0 Å².